The molecule has 3 amide bonds. The quantitative estimate of drug-likeness (QED) is 0.313. The number of ether oxygens (including phenoxy) is 3. The molecule has 47 heavy (non-hydrogen) atoms. The Hall–Kier alpha value is -4.92. The van der Waals surface area contributed by atoms with E-state index in [-0.39, 0.29) is 35.3 Å². The summed E-state index contributed by atoms with van der Waals surface area (Å²) >= 11 is 0. The molecule has 0 bridgehead atoms. The van der Waals surface area contributed by atoms with Gasteiger partial charge in [-0.05, 0) is 49.2 Å². The second-order valence-corrected chi connectivity index (χ2v) is 11.0. The number of aromatic nitrogens is 1. The molecule has 5 rings (SSSR count). The smallest absolute Gasteiger partial charge is 0.387 e. The Bertz CT molecular complexity index is 1670. The predicted octanol–water partition coefficient (Wildman–Crippen LogP) is 3.48. The SMILES string of the molecule is COCC(C(=O)N1CCCC1)n1cccc(N2C[C@@H](c3c(F)cc(OC)cc3F)[C@H](NC(=O)c3ccc(OC(F)F)cc3)C2=O)c1=O. The first-order valence-corrected chi connectivity index (χ1v) is 14.7. The summed E-state index contributed by atoms with van der Waals surface area (Å²) in [4.78, 5) is 57.1. The summed E-state index contributed by atoms with van der Waals surface area (Å²) in [6, 6.07) is 6.66. The van der Waals surface area contributed by atoms with E-state index in [0.717, 1.165) is 46.6 Å². The van der Waals surface area contributed by atoms with Crippen LogP contribution in [0.15, 0.2) is 59.5 Å². The van der Waals surface area contributed by atoms with Gasteiger partial charge >= 0.3 is 6.61 Å². The molecule has 2 fully saturated rings. The van der Waals surface area contributed by atoms with Gasteiger partial charge in [-0.2, -0.15) is 8.78 Å². The number of pyridine rings is 1. The first-order valence-electron chi connectivity index (χ1n) is 14.7. The van der Waals surface area contributed by atoms with Gasteiger partial charge in [-0.15, -0.1) is 0 Å². The normalized spacial score (nSPS) is 18.5. The summed E-state index contributed by atoms with van der Waals surface area (Å²) in [6.07, 6.45) is 3.04. The van der Waals surface area contributed by atoms with E-state index >= 15 is 8.78 Å². The minimum Gasteiger partial charge on any atom is -0.497 e. The molecule has 250 valence electrons. The maximum Gasteiger partial charge on any atom is 0.387 e. The second kappa shape index (κ2) is 14.2. The number of halogens is 4. The van der Waals surface area contributed by atoms with Crippen LogP contribution in [0.25, 0.3) is 0 Å². The van der Waals surface area contributed by atoms with Crippen LogP contribution >= 0.6 is 0 Å². The Morgan fingerprint density at radius 2 is 1.64 bits per heavy atom. The lowest BCUT2D eigenvalue weighted by molar-refractivity contribution is -0.135. The van der Waals surface area contributed by atoms with Crippen molar-refractivity contribution in [1.82, 2.24) is 14.8 Å². The molecule has 0 saturated carbocycles. The van der Waals surface area contributed by atoms with Crippen molar-refractivity contribution >= 4 is 23.4 Å². The number of anilines is 1. The lowest BCUT2D eigenvalue weighted by Crippen LogP contribution is -2.45. The topological polar surface area (TPSA) is 119 Å². The second-order valence-electron chi connectivity index (χ2n) is 11.0. The average Bonchev–Trinajstić information content (AvgIpc) is 3.69. The Labute approximate surface area is 266 Å². The number of nitrogens with one attached hydrogen (secondary N) is 1. The first kappa shape index (κ1) is 33.4. The molecule has 0 radical (unpaired) electrons. The minimum absolute atomic E-state index is 0.0582. The lowest BCUT2D eigenvalue weighted by atomic mass is 9.92. The molecule has 0 spiro atoms. The first-order chi connectivity index (χ1) is 22.5. The van der Waals surface area contributed by atoms with Crippen molar-refractivity contribution in [1.29, 1.82) is 0 Å². The van der Waals surface area contributed by atoms with Gasteiger partial charge in [0.1, 0.15) is 40.9 Å². The summed E-state index contributed by atoms with van der Waals surface area (Å²) in [6.45, 7) is -2.57. The zero-order valence-corrected chi connectivity index (χ0v) is 25.5. The van der Waals surface area contributed by atoms with Crippen molar-refractivity contribution in [3.8, 4) is 11.5 Å². The highest BCUT2D eigenvalue weighted by Gasteiger charge is 2.46. The van der Waals surface area contributed by atoms with Crippen LogP contribution in [0.4, 0.5) is 23.2 Å². The Balaban J connectivity index is 1.51. The molecule has 15 heteroatoms. The van der Waals surface area contributed by atoms with Crippen molar-refractivity contribution in [2.75, 3.05) is 45.4 Å². The molecule has 1 N–H and O–H groups in total. The number of amides is 3. The number of likely N-dealkylation sites (tertiary alicyclic amines) is 1. The van der Waals surface area contributed by atoms with Crippen molar-refractivity contribution in [3.63, 3.8) is 0 Å². The molecular formula is C32H32F4N4O7. The van der Waals surface area contributed by atoms with Crippen LogP contribution in [-0.2, 0) is 14.3 Å². The standard InChI is InChI=1S/C32H32F4N4O7/c1-45-17-25(29(42)38-11-3-4-12-38)39-13-5-6-24(30(39)43)40-16-21(26-22(33)14-20(46-2)15-23(26)34)27(31(40)44)37-28(41)18-7-9-19(10-8-18)47-32(35)36/h5-10,13-15,21,25,27,32H,3-4,11-12,16-17H2,1-2H3,(H,37,41)/t21-,25?,27-/m0/s1. The number of hydrogen-bond acceptors (Lipinski definition) is 7. The Morgan fingerprint density at radius 3 is 2.23 bits per heavy atom. The molecule has 3 aromatic rings. The van der Waals surface area contributed by atoms with Crippen LogP contribution in [0.1, 0.15) is 40.7 Å². The van der Waals surface area contributed by atoms with E-state index < -0.39 is 65.7 Å². The van der Waals surface area contributed by atoms with Crippen LogP contribution in [0.2, 0.25) is 0 Å². The van der Waals surface area contributed by atoms with E-state index in [2.05, 4.69) is 10.1 Å². The van der Waals surface area contributed by atoms with E-state index in [9.17, 15) is 28.0 Å². The number of hydrogen-bond donors (Lipinski definition) is 1. The van der Waals surface area contributed by atoms with E-state index in [1.165, 1.54) is 44.7 Å². The molecule has 1 unspecified atom stereocenters. The van der Waals surface area contributed by atoms with Crippen LogP contribution in [0.3, 0.4) is 0 Å². The third-order valence-corrected chi connectivity index (χ3v) is 8.21. The highest BCUT2D eigenvalue weighted by molar-refractivity contribution is 6.05. The number of alkyl halides is 2. The highest BCUT2D eigenvalue weighted by atomic mass is 19.3. The van der Waals surface area contributed by atoms with Crippen molar-refractivity contribution in [2.45, 2.75) is 37.5 Å². The number of rotatable bonds is 11. The van der Waals surface area contributed by atoms with Gasteiger partial charge in [-0.1, -0.05) is 0 Å². The average molecular weight is 661 g/mol. The van der Waals surface area contributed by atoms with Gasteiger partial charge in [0, 0.05) is 62.1 Å². The molecule has 0 aliphatic carbocycles. The fourth-order valence-electron chi connectivity index (χ4n) is 5.94. The summed E-state index contributed by atoms with van der Waals surface area (Å²) in [7, 11) is 2.61. The van der Waals surface area contributed by atoms with Crippen molar-refractivity contribution < 1.29 is 46.2 Å². The van der Waals surface area contributed by atoms with Gasteiger partial charge in [0.25, 0.3) is 11.5 Å². The molecule has 2 aromatic carbocycles. The third-order valence-electron chi connectivity index (χ3n) is 8.21. The van der Waals surface area contributed by atoms with E-state index in [0.29, 0.717) is 13.1 Å². The summed E-state index contributed by atoms with van der Waals surface area (Å²) < 4.78 is 71.6. The molecule has 11 nitrogen and oxygen atoms in total. The fraction of sp³-hybridized carbons (Fsp3) is 0.375. The van der Waals surface area contributed by atoms with Crippen LogP contribution in [-0.4, -0.2) is 80.3 Å². The minimum atomic E-state index is -3.09. The van der Waals surface area contributed by atoms with Gasteiger partial charge < -0.3 is 29.3 Å². The van der Waals surface area contributed by atoms with Crippen LogP contribution < -0.4 is 25.2 Å². The maximum atomic E-state index is 15.4. The Kier molecular flexibility index (Phi) is 10.1. The maximum absolute atomic E-state index is 15.4. The van der Waals surface area contributed by atoms with Crippen LogP contribution in [0, 0.1) is 11.6 Å². The highest BCUT2D eigenvalue weighted by Crippen LogP contribution is 2.36. The zero-order chi connectivity index (χ0) is 33.8. The van der Waals surface area contributed by atoms with E-state index in [1.54, 1.807) is 4.90 Å². The predicted molar refractivity (Wildman–Crippen MR) is 160 cm³/mol. The molecule has 3 heterocycles. The molecule has 2 aliphatic heterocycles. The fourth-order valence-corrected chi connectivity index (χ4v) is 5.94. The molecular weight excluding hydrogens is 628 g/mol. The number of carbonyl (C=O) groups excluding carboxylic acids is 3. The van der Waals surface area contributed by atoms with Gasteiger partial charge in [-0.3, -0.25) is 23.7 Å². The van der Waals surface area contributed by atoms with Gasteiger partial charge in [0.15, 0.2) is 0 Å². The van der Waals surface area contributed by atoms with Gasteiger partial charge in [0.05, 0.1) is 13.7 Å². The Morgan fingerprint density at radius 1 is 0.979 bits per heavy atom. The van der Waals surface area contributed by atoms with Crippen molar-refractivity contribution in [2.24, 2.45) is 0 Å². The largest absolute Gasteiger partial charge is 0.497 e. The summed E-state index contributed by atoms with van der Waals surface area (Å²) in [5.41, 5.74) is -1.49. The van der Waals surface area contributed by atoms with Crippen molar-refractivity contribution in [3.05, 3.63) is 87.8 Å². The van der Waals surface area contributed by atoms with E-state index in [1.807, 2.05) is 0 Å². The summed E-state index contributed by atoms with van der Waals surface area (Å²) in [5.74, 6) is -5.77. The van der Waals surface area contributed by atoms with Gasteiger partial charge in [0.2, 0.25) is 11.8 Å². The van der Waals surface area contributed by atoms with Gasteiger partial charge in [-0.25, -0.2) is 8.78 Å². The molecule has 2 aliphatic rings. The monoisotopic (exact) mass is 660 g/mol. The summed E-state index contributed by atoms with van der Waals surface area (Å²) in [5, 5.41) is 2.50. The number of carbonyl (C=O) groups is 3. The number of nitrogens with zero attached hydrogens (tertiary/aromatic N) is 3. The number of methoxy groups -OCH3 is 2. The van der Waals surface area contributed by atoms with E-state index in [4.69, 9.17) is 9.47 Å². The molecule has 2 saturated heterocycles. The van der Waals surface area contributed by atoms with Crippen LogP contribution in [0.5, 0.6) is 11.5 Å². The molecule has 1 aromatic heterocycles. The zero-order valence-electron chi connectivity index (χ0n) is 25.5. The lowest BCUT2D eigenvalue weighted by Gasteiger charge is -2.25. The molecule has 3 atom stereocenters. The third kappa shape index (κ3) is 6.94. The number of benzene rings is 2.